The second-order valence-corrected chi connectivity index (χ2v) is 5.89. The summed E-state index contributed by atoms with van der Waals surface area (Å²) in [5.74, 6) is -0.254. The molecule has 21 heavy (non-hydrogen) atoms. The third-order valence-electron chi connectivity index (χ3n) is 2.73. The Balaban J connectivity index is 2.13. The number of rotatable bonds is 5. The highest BCUT2D eigenvalue weighted by Gasteiger charge is 2.12. The van der Waals surface area contributed by atoms with Crippen molar-refractivity contribution >= 4 is 33.1 Å². The molecule has 110 valence electrons. The summed E-state index contributed by atoms with van der Waals surface area (Å²) in [6.45, 7) is 5.98. The van der Waals surface area contributed by atoms with E-state index in [0.29, 0.717) is 16.7 Å². The van der Waals surface area contributed by atoms with Gasteiger partial charge in [-0.05, 0) is 49.7 Å². The predicted octanol–water partition coefficient (Wildman–Crippen LogP) is 3.92. The molecule has 7 heteroatoms. The maximum absolute atomic E-state index is 12.2. The summed E-state index contributed by atoms with van der Waals surface area (Å²) in [4.78, 5) is 26.5. The van der Waals surface area contributed by atoms with Gasteiger partial charge in [-0.25, -0.2) is 4.98 Å². The Labute approximate surface area is 126 Å². The molecule has 1 aromatic carbocycles. The number of benzene rings is 1. The minimum Gasteiger partial charge on any atom is -0.383 e. The highest BCUT2D eigenvalue weighted by atomic mass is 32.1. The molecule has 0 unspecified atom stereocenters. The van der Waals surface area contributed by atoms with Crippen molar-refractivity contribution in [3.63, 3.8) is 0 Å². The second-order valence-electron chi connectivity index (χ2n) is 4.88. The number of hydrogen-bond donors (Lipinski definition) is 2. The molecule has 0 spiro atoms. The van der Waals surface area contributed by atoms with Crippen molar-refractivity contribution in [2.24, 2.45) is 5.18 Å². The van der Waals surface area contributed by atoms with Crippen LogP contribution < -0.4 is 10.6 Å². The number of aryl methyl sites for hydroxylation is 1. The molecular formula is C14H16N4O2S. The summed E-state index contributed by atoms with van der Waals surface area (Å²) in [6.07, 6.45) is 1.33. The third kappa shape index (κ3) is 3.85. The van der Waals surface area contributed by atoms with E-state index in [-0.39, 0.29) is 10.9 Å². The van der Waals surface area contributed by atoms with Gasteiger partial charge in [0.2, 0.25) is 0 Å². The van der Waals surface area contributed by atoms with E-state index in [1.54, 1.807) is 6.07 Å². The average molecular weight is 304 g/mol. The number of nitrogens with one attached hydrogen (secondary N) is 2. The number of carbonyl (C=O) groups excluding carboxylic acids is 1. The monoisotopic (exact) mass is 304 g/mol. The van der Waals surface area contributed by atoms with Crippen LogP contribution in [-0.4, -0.2) is 16.9 Å². The Bertz CT molecular complexity index is 667. The number of hydrogen-bond acceptors (Lipinski definition) is 6. The summed E-state index contributed by atoms with van der Waals surface area (Å²) in [5, 5.41) is 9.32. The van der Waals surface area contributed by atoms with Crippen LogP contribution >= 0.6 is 11.3 Å². The van der Waals surface area contributed by atoms with E-state index < -0.39 is 0 Å². The number of nitroso groups, excluding NO2 is 1. The van der Waals surface area contributed by atoms with E-state index >= 15 is 0 Å². The molecular weight excluding hydrogens is 288 g/mol. The van der Waals surface area contributed by atoms with Gasteiger partial charge >= 0.3 is 0 Å². The number of aromatic nitrogens is 1. The fourth-order valence-electron chi connectivity index (χ4n) is 1.87. The lowest BCUT2D eigenvalue weighted by atomic mass is 10.1. The maximum atomic E-state index is 12.2. The Hall–Kier alpha value is -2.28. The quantitative estimate of drug-likeness (QED) is 0.820. The molecule has 0 bridgehead atoms. The van der Waals surface area contributed by atoms with Crippen LogP contribution in [-0.2, 0) is 0 Å². The fourth-order valence-corrected chi connectivity index (χ4v) is 2.46. The first kappa shape index (κ1) is 15.1. The molecule has 0 aliphatic rings. The first-order valence-corrected chi connectivity index (χ1v) is 7.29. The molecule has 2 N–H and O–H groups in total. The van der Waals surface area contributed by atoms with E-state index in [2.05, 4.69) is 34.6 Å². The molecule has 0 aliphatic carbocycles. The van der Waals surface area contributed by atoms with Crippen molar-refractivity contribution in [3.8, 4) is 0 Å². The number of anilines is 2. The van der Waals surface area contributed by atoms with Gasteiger partial charge in [0.25, 0.3) is 5.91 Å². The third-order valence-corrected chi connectivity index (χ3v) is 3.52. The Morgan fingerprint density at radius 2 is 2.14 bits per heavy atom. The first-order chi connectivity index (χ1) is 9.99. The lowest BCUT2D eigenvalue weighted by Gasteiger charge is -2.12. The van der Waals surface area contributed by atoms with Crippen molar-refractivity contribution in [1.29, 1.82) is 0 Å². The van der Waals surface area contributed by atoms with Crippen LogP contribution in [0.3, 0.4) is 0 Å². The van der Waals surface area contributed by atoms with E-state index in [9.17, 15) is 9.70 Å². The van der Waals surface area contributed by atoms with Crippen LogP contribution in [0.15, 0.2) is 29.6 Å². The average Bonchev–Trinajstić information content (AvgIpc) is 2.85. The molecule has 6 nitrogen and oxygen atoms in total. The molecule has 0 radical (unpaired) electrons. The van der Waals surface area contributed by atoms with Crippen LogP contribution in [0.2, 0.25) is 0 Å². The second kappa shape index (κ2) is 6.45. The topological polar surface area (TPSA) is 83.4 Å². The number of carbonyl (C=O) groups is 1. The van der Waals surface area contributed by atoms with Gasteiger partial charge in [0.15, 0.2) is 10.1 Å². The van der Waals surface area contributed by atoms with Crippen molar-refractivity contribution in [2.45, 2.75) is 26.8 Å². The Morgan fingerprint density at radius 3 is 2.71 bits per heavy atom. The number of nitrogens with zero attached hydrogens (tertiary/aromatic N) is 2. The predicted molar refractivity (Wildman–Crippen MR) is 85.5 cm³/mol. The minimum absolute atomic E-state index is 0.235. The van der Waals surface area contributed by atoms with Crippen LogP contribution in [0, 0.1) is 11.8 Å². The Kier molecular flexibility index (Phi) is 4.64. The summed E-state index contributed by atoms with van der Waals surface area (Å²) in [6, 6.07) is 5.88. The zero-order chi connectivity index (χ0) is 15.4. The highest BCUT2D eigenvalue weighted by Crippen LogP contribution is 2.26. The Morgan fingerprint density at radius 1 is 1.38 bits per heavy atom. The van der Waals surface area contributed by atoms with Gasteiger partial charge in [-0.15, -0.1) is 4.91 Å². The summed E-state index contributed by atoms with van der Waals surface area (Å²) in [5.41, 5.74) is 2.41. The normalized spacial score (nSPS) is 10.5. The first-order valence-electron chi connectivity index (χ1n) is 6.47. The summed E-state index contributed by atoms with van der Waals surface area (Å²) >= 11 is 1.04. The summed E-state index contributed by atoms with van der Waals surface area (Å²) in [7, 11) is 0. The lowest BCUT2D eigenvalue weighted by Crippen LogP contribution is -2.14. The number of amides is 1. The van der Waals surface area contributed by atoms with Crippen LogP contribution in [0.4, 0.5) is 15.8 Å². The van der Waals surface area contributed by atoms with Gasteiger partial charge in [0.05, 0.1) is 6.20 Å². The molecule has 1 amide bonds. The molecule has 1 aromatic heterocycles. The van der Waals surface area contributed by atoms with Crippen LogP contribution in [0.25, 0.3) is 0 Å². The van der Waals surface area contributed by atoms with E-state index in [0.717, 1.165) is 22.6 Å². The maximum Gasteiger partial charge on any atom is 0.257 e. The van der Waals surface area contributed by atoms with Gasteiger partial charge in [0, 0.05) is 17.3 Å². The van der Waals surface area contributed by atoms with Gasteiger partial charge in [0.1, 0.15) is 0 Å². The molecule has 0 aliphatic heterocycles. The minimum atomic E-state index is -0.254. The van der Waals surface area contributed by atoms with Crippen molar-refractivity contribution in [1.82, 2.24) is 4.98 Å². The standard InChI is InChI=1S/C14H16N4O2S/c1-8(2)16-10-4-5-11(9(3)6-10)13(19)17-14-15-7-12(18-20)21-14/h4-8,16H,1-3H3,(H,15,17,19). The van der Waals surface area contributed by atoms with Crippen molar-refractivity contribution in [3.05, 3.63) is 40.4 Å². The molecule has 2 aromatic rings. The highest BCUT2D eigenvalue weighted by molar-refractivity contribution is 7.19. The molecule has 0 fully saturated rings. The van der Waals surface area contributed by atoms with Gasteiger partial charge in [-0.2, -0.15) is 0 Å². The zero-order valence-corrected chi connectivity index (χ0v) is 12.8. The molecule has 1 heterocycles. The zero-order valence-electron chi connectivity index (χ0n) is 12.0. The SMILES string of the molecule is Cc1cc(NC(C)C)ccc1C(=O)Nc1ncc(N=O)s1. The van der Waals surface area contributed by atoms with Gasteiger partial charge in [-0.3, -0.25) is 10.1 Å². The largest absolute Gasteiger partial charge is 0.383 e. The van der Waals surface area contributed by atoms with E-state index in [1.165, 1.54) is 6.20 Å². The lowest BCUT2D eigenvalue weighted by molar-refractivity contribution is 0.102. The molecule has 0 saturated heterocycles. The molecule has 0 atom stereocenters. The van der Waals surface area contributed by atoms with Crippen molar-refractivity contribution in [2.75, 3.05) is 10.6 Å². The van der Waals surface area contributed by atoms with E-state index in [4.69, 9.17) is 0 Å². The van der Waals surface area contributed by atoms with Crippen molar-refractivity contribution < 1.29 is 4.79 Å². The molecule has 0 saturated carbocycles. The molecule has 2 rings (SSSR count). The smallest absolute Gasteiger partial charge is 0.257 e. The fraction of sp³-hybridized carbons (Fsp3) is 0.286. The summed E-state index contributed by atoms with van der Waals surface area (Å²) < 4.78 is 0. The van der Waals surface area contributed by atoms with Gasteiger partial charge < -0.3 is 5.32 Å². The van der Waals surface area contributed by atoms with Gasteiger partial charge in [-0.1, -0.05) is 11.3 Å². The number of thiazole rings is 1. The van der Waals surface area contributed by atoms with Crippen LogP contribution in [0.5, 0.6) is 0 Å². The van der Waals surface area contributed by atoms with E-state index in [1.807, 2.05) is 19.1 Å². The van der Waals surface area contributed by atoms with Crippen LogP contribution in [0.1, 0.15) is 29.8 Å².